The summed E-state index contributed by atoms with van der Waals surface area (Å²) in [6.45, 7) is 1.72. The van der Waals surface area contributed by atoms with E-state index in [9.17, 15) is 9.59 Å². The number of carbonyl (C=O) groups is 2. The predicted molar refractivity (Wildman–Crippen MR) is 91.1 cm³/mol. The highest BCUT2D eigenvalue weighted by molar-refractivity contribution is 6.06. The van der Waals surface area contributed by atoms with Crippen molar-refractivity contribution in [2.75, 3.05) is 13.1 Å². The Balaban J connectivity index is 1.58. The van der Waals surface area contributed by atoms with Gasteiger partial charge in [-0.15, -0.1) is 0 Å². The number of hydrogen-bond acceptors (Lipinski definition) is 2. The fraction of sp³-hybridized carbons (Fsp3) is 0.500. The van der Waals surface area contributed by atoms with E-state index in [4.69, 9.17) is 0 Å². The molecule has 1 aliphatic carbocycles. The lowest BCUT2D eigenvalue weighted by atomic mass is 9.99. The molecule has 0 atom stereocenters. The van der Waals surface area contributed by atoms with Gasteiger partial charge in [0.25, 0.3) is 0 Å². The molecule has 0 spiro atoms. The Bertz CT molecular complexity index is 597. The molecule has 0 saturated carbocycles. The molecule has 3 heteroatoms. The minimum atomic E-state index is 0.131. The predicted octanol–water partition coefficient (Wildman–Crippen LogP) is 3.68. The monoisotopic (exact) mass is 311 g/mol. The summed E-state index contributed by atoms with van der Waals surface area (Å²) >= 11 is 0. The van der Waals surface area contributed by atoms with E-state index in [1.807, 2.05) is 23.1 Å². The molecule has 122 valence electrons. The maximum atomic E-state index is 12.6. The average Bonchev–Trinajstić information content (AvgIpc) is 3.27. The highest BCUT2D eigenvalue weighted by Gasteiger charge is 2.29. The van der Waals surface area contributed by atoms with Crippen LogP contribution in [0.3, 0.4) is 0 Å². The summed E-state index contributed by atoms with van der Waals surface area (Å²) in [6, 6.07) is 10.3. The van der Waals surface area contributed by atoms with Gasteiger partial charge in [0, 0.05) is 30.7 Å². The number of ketones is 1. The highest BCUT2D eigenvalue weighted by atomic mass is 16.2. The first kappa shape index (κ1) is 16.0. The third-order valence-electron chi connectivity index (χ3n) is 4.92. The van der Waals surface area contributed by atoms with Crippen molar-refractivity contribution in [1.82, 2.24) is 4.90 Å². The average molecular weight is 311 g/mol. The topological polar surface area (TPSA) is 37.4 Å². The van der Waals surface area contributed by atoms with Crippen molar-refractivity contribution in [3.05, 3.63) is 47.0 Å². The minimum Gasteiger partial charge on any atom is -0.339 e. The number of likely N-dealkylation sites (tertiary alicyclic amines) is 1. The Labute approximate surface area is 138 Å². The number of allylic oxidation sites excluding steroid dienone is 1. The first-order valence-electron chi connectivity index (χ1n) is 8.84. The molecular weight excluding hydrogens is 286 g/mol. The van der Waals surface area contributed by atoms with Crippen LogP contribution in [0.2, 0.25) is 0 Å². The fourth-order valence-corrected chi connectivity index (χ4v) is 3.65. The quantitative estimate of drug-likeness (QED) is 0.803. The van der Waals surface area contributed by atoms with E-state index in [2.05, 4.69) is 12.1 Å². The van der Waals surface area contributed by atoms with E-state index < -0.39 is 0 Å². The van der Waals surface area contributed by atoms with Crippen LogP contribution in [0.1, 0.15) is 50.5 Å². The number of rotatable bonds is 6. The molecule has 0 bridgehead atoms. The van der Waals surface area contributed by atoms with E-state index in [1.165, 1.54) is 5.56 Å². The molecule has 1 aromatic rings. The maximum Gasteiger partial charge on any atom is 0.250 e. The number of carbonyl (C=O) groups excluding carboxylic acids is 2. The van der Waals surface area contributed by atoms with Gasteiger partial charge in [0.1, 0.15) is 0 Å². The first-order valence-corrected chi connectivity index (χ1v) is 8.84. The summed E-state index contributed by atoms with van der Waals surface area (Å²) in [5.41, 5.74) is 2.92. The maximum absolute atomic E-state index is 12.6. The zero-order valence-corrected chi connectivity index (χ0v) is 13.7. The van der Waals surface area contributed by atoms with E-state index in [-0.39, 0.29) is 11.7 Å². The van der Waals surface area contributed by atoms with Gasteiger partial charge in [0.15, 0.2) is 5.78 Å². The third kappa shape index (κ3) is 3.90. The molecule has 1 aliphatic heterocycles. The van der Waals surface area contributed by atoms with Gasteiger partial charge in [-0.05, 0) is 50.5 Å². The SMILES string of the molecule is O=C(CCCc1ccccc1)C1=C(C(=O)N2CCCC2)CCC1. The molecule has 0 radical (unpaired) electrons. The fourth-order valence-electron chi connectivity index (χ4n) is 3.65. The Morgan fingerprint density at radius 3 is 2.35 bits per heavy atom. The Morgan fingerprint density at radius 1 is 0.913 bits per heavy atom. The van der Waals surface area contributed by atoms with Crippen LogP contribution < -0.4 is 0 Å². The number of aryl methyl sites for hydroxylation is 1. The lowest BCUT2D eigenvalue weighted by molar-refractivity contribution is -0.126. The second kappa shape index (κ2) is 7.58. The molecule has 0 aromatic heterocycles. The van der Waals surface area contributed by atoms with Crippen LogP contribution in [0.25, 0.3) is 0 Å². The van der Waals surface area contributed by atoms with E-state index >= 15 is 0 Å². The second-order valence-corrected chi connectivity index (χ2v) is 6.57. The zero-order valence-electron chi connectivity index (χ0n) is 13.7. The molecule has 1 fully saturated rings. The van der Waals surface area contributed by atoms with Crippen LogP contribution in [0.5, 0.6) is 0 Å². The van der Waals surface area contributed by atoms with Crippen LogP contribution in [0.4, 0.5) is 0 Å². The van der Waals surface area contributed by atoms with Crippen molar-refractivity contribution < 1.29 is 9.59 Å². The Hall–Kier alpha value is -1.90. The largest absolute Gasteiger partial charge is 0.339 e. The molecular formula is C20H25NO2. The van der Waals surface area contributed by atoms with Crippen LogP contribution in [0, 0.1) is 0 Å². The van der Waals surface area contributed by atoms with E-state index in [1.54, 1.807) is 0 Å². The molecule has 1 amide bonds. The molecule has 3 rings (SSSR count). The normalized spacial score (nSPS) is 17.8. The Kier molecular flexibility index (Phi) is 5.27. The van der Waals surface area contributed by atoms with Gasteiger partial charge in [-0.3, -0.25) is 9.59 Å². The number of hydrogen-bond donors (Lipinski definition) is 0. The number of benzene rings is 1. The van der Waals surface area contributed by atoms with Crippen molar-refractivity contribution in [3.63, 3.8) is 0 Å². The van der Waals surface area contributed by atoms with Crippen molar-refractivity contribution in [2.24, 2.45) is 0 Å². The molecule has 3 nitrogen and oxygen atoms in total. The van der Waals surface area contributed by atoms with Gasteiger partial charge >= 0.3 is 0 Å². The van der Waals surface area contributed by atoms with Crippen molar-refractivity contribution in [1.29, 1.82) is 0 Å². The van der Waals surface area contributed by atoms with Gasteiger partial charge in [0.05, 0.1) is 0 Å². The Morgan fingerprint density at radius 2 is 1.61 bits per heavy atom. The van der Waals surface area contributed by atoms with Crippen molar-refractivity contribution in [3.8, 4) is 0 Å². The number of nitrogens with zero attached hydrogens (tertiary/aromatic N) is 1. The smallest absolute Gasteiger partial charge is 0.250 e. The minimum absolute atomic E-state index is 0.131. The molecule has 2 aliphatic rings. The lowest BCUT2D eigenvalue weighted by Crippen LogP contribution is -2.29. The van der Waals surface area contributed by atoms with Gasteiger partial charge in [0.2, 0.25) is 5.91 Å². The standard InChI is InChI=1S/C20H25NO2/c22-19(13-6-10-16-8-2-1-3-9-16)17-11-7-12-18(17)20(23)21-14-4-5-15-21/h1-3,8-9H,4-7,10-15H2. The molecule has 0 unspecified atom stereocenters. The first-order chi connectivity index (χ1) is 11.3. The van der Waals surface area contributed by atoms with Crippen molar-refractivity contribution >= 4 is 11.7 Å². The van der Waals surface area contributed by atoms with Crippen molar-refractivity contribution in [2.45, 2.75) is 51.4 Å². The zero-order chi connectivity index (χ0) is 16.1. The second-order valence-electron chi connectivity index (χ2n) is 6.57. The summed E-state index contributed by atoms with van der Waals surface area (Å²) in [7, 11) is 0. The van der Waals surface area contributed by atoms with Gasteiger partial charge in [-0.25, -0.2) is 0 Å². The van der Waals surface area contributed by atoms with E-state index in [0.717, 1.165) is 69.2 Å². The van der Waals surface area contributed by atoms with Gasteiger partial charge in [-0.1, -0.05) is 30.3 Å². The highest BCUT2D eigenvalue weighted by Crippen LogP contribution is 2.30. The molecule has 1 saturated heterocycles. The number of amides is 1. The third-order valence-corrected chi connectivity index (χ3v) is 4.92. The lowest BCUT2D eigenvalue weighted by Gasteiger charge is -2.17. The summed E-state index contributed by atoms with van der Waals surface area (Å²) < 4.78 is 0. The van der Waals surface area contributed by atoms with Gasteiger partial charge in [-0.2, -0.15) is 0 Å². The summed E-state index contributed by atoms with van der Waals surface area (Å²) in [5, 5.41) is 0. The van der Waals surface area contributed by atoms with Crippen LogP contribution in [0.15, 0.2) is 41.5 Å². The summed E-state index contributed by atoms with van der Waals surface area (Å²) in [6.07, 6.45) is 7.06. The van der Waals surface area contributed by atoms with Gasteiger partial charge < -0.3 is 4.90 Å². The molecule has 23 heavy (non-hydrogen) atoms. The van der Waals surface area contributed by atoms with Crippen LogP contribution in [-0.4, -0.2) is 29.7 Å². The summed E-state index contributed by atoms with van der Waals surface area (Å²) in [4.78, 5) is 27.0. The molecule has 1 heterocycles. The van der Waals surface area contributed by atoms with Crippen LogP contribution >= 0.6 is 0 Å². The van der Waals surface area contributed by atoms with Crippen LogP contribution in [-0.2, 0) is 16.0 Å². The van der Waals surface area contributed by atoms with E-state index in [0.29, 0.717) is 6.42 Å². The number of Topliss-reactive ketones (excluding diaryl/α,β-unsaturated/α-hetero) is 1. The molecule has 1 aromatic carbocycles. The molecule has 0 N–H and O–H groups in total. The summed E-state index contributed by atoms with van der Waals surface area (Å²) in [5.74, 6) is 0.326.